The van der Waals surface area contributed by atoms with E-state index in [0.717, 1.165) is 18.9 Å². The highest BCUT2D eigenvalue weighted by molar-refractivity contribution is 6.55. The molecule has 0 saturated carbocycles. The van der Waals surface area contributed by atoms with E-state index in [4.69, 9.17) is 16.3 Å². The van der Waals surface area contributed by atoms with E-state index in [1.54, 1.807) is 0 Å². The van der Waals surface area contributed by atoms with Crippen LogP contribution in [0.1, 0.15) is 57.8 Å². The quantitative estimate of drug-likeness (QED) is 0.449. The SMILES string of the molecule is C[SiH](C)CCCOc1c(C(=O)NC(C)(C)CC(C)(C)C)ccc(F)c1Cl. The Morgan fingerprint density at radius 3 is 2.38 bits per heavy atom. The summed E-state index contributed by atoms with van der Waals surface area (Å²) in [6.07, 6.45) is 1.68. The van der Waals surface area contributed by atoms with Gasteiger partial charge in [-0.3, -0.25) is 4.79 Å². The van der Waals surface area contributed by atoms with E-state index in [-0.39, 0.29) is 27.7 Å². The van der Waals surface area contributed by atoms with Crippen molar-refractivity contribution in [3.8, 4) is 5.75 Å². The van der Waals surface area contributed by atoms with Crippen molar-refractivity contribution in [2.45, 2.75) is 72.1 Å². The normalized spacial score (nSPS) is 12.4. The van der Waals surface area contributed by atoms with Crippen LogP contribution in [0, 0.1) is 11.2 Å². The molecular weight excluding hydrogens is 369 g/mol. The molecule has 0 aromatic heterocycles. The largest absolute Gasteiger partial charge is 0.491 e. The zero-order valence-electron chi connectivity index (χ0n) is 17.1. The molecule has 0 saturated heterocycles. The number of carbonyl (C=O) groups is 1. The Bertz CT molecular complexity index is 627. The van der Waals surface area contributed by atoms with Crippen molar-refractivity contribution in [1.29, 1.82) is 0 Å². The number of amides is 1. The van der Waals surface area contributed by atoms with Gasteiger partial charge in [-0.05, 0) is 44.2 Å². The molecule has 0 unspecified atom stereocenters. The van der Waals surface area contributed by atoms with Crippen molar-refractivity contribution < 1.29 is 13.9 Å². The molecule has 1 aromatic carbocycles. The first kappa shape index (κ1) is 23.0. The van der Waals surface area contributed by atoms with Crippen LogP contribution in [0.15, 0.2) is 12.1 Å². The van der Waals surface area contributed by atoms with Crippen molar-refractivity contribution in [2.75, 3.05) is 6.61 Å². The molecule has 0 aliphatic carbocycles. The average molecular weight is 402 g/mol. The molecular formula is C20H33ClFNO2Si. The van der Waals surface area contributed by atoms with E-state index in [0.29, 0.717) is 6.61 Å². The summed E-state index contributed by atoms with van der Waals surface area (Å²) in [5, 5.41) is 2.90. The maximum absolute atomic E-state index is 13.9. The van der Waals surface area contributed by atoms with Crippen LogP contribution < -0.4 is 10.1 Å². The highest BCUT2D eigenvalue weighted by Crippen LogP contribution is 2.33. The van der Waals surface area contributed by atoms with E-state index in [1.807, 2.05) is 13.8 Å². The van der Waals surface area contributed by atoms with Gasteiger partial charge in [0.1, 0.15) is 10.8 Å². The number of hydrogen-bond donors (Lipinski definition) is 1. The van der Waals surface area contributed by atoms with Crippen LogP contribution in [-0.2, 0) is 0 Å². The van der Waals surface area contributed by atoms with Crippen LogP contribution in [0.2, 0.25) is 24.2 Å². The lowest BCUT2D eigenvalue weighted by atomic mass is 9.81. The fourth-order valence-electron chi connectivity index (χ4n) is 3.26. The third-order valence-electron chi connectivity index (χ3n) is 3.89. The summed E-state index contributed by atoms with van der Waals surface area (Å²) in [7, 11) is -0.666. The van der Waals surface area contributed by atoms with Gasteiger partial charge in [0.25, 0.3) is 5.91 Å². The van der Waals surface area contributed by atoms with Crippen LogP contribution in [0.5, 0.6) is 5.75 Å². The smallest absolute Gasteiger partial charge is 0.255 e. The van der Waals surface area contributed by atoms with Crippen LogP contribution in [0.3, 0.4) is 0 Å². The first-order valence-electron chi connectivity index (χ1n) is 9.26. The van der Waals surface area contributed by atoms with E-state index in [9.17, 15) is 9.18 Å². The standard InChI is InChI=1S/C20H33ClFNO2Si/c1-19(2,3)13-20(4,5)23-18(24)14-9-10-15(22)16(21)17(14)25-11-8-12-26(6)7/h9-10,26H,8,11-13H2,1-7H3,(H,23,24). The minimum atomic E-state index is -0.666. The minimum Gasteiger partial charge on any atom is -0.491 e. The molecule has 6 heteroatoms. The molecule has 0 radical (unpaired) electrons. The maximum atomic E-state index is 13.9. The van der Waals surface area contributed by atoms with Crippen molar-refractivity contribution >= 4 is 26.3 Å². The van der Waals surface area contributed by atoms with Crippen molar-refractivity contribution in [2.24, 2.45) is 5.41 Å². The van der Waals surface area contributed by atoms with Crippen molar-refractivity contribution in [3.05, 3.63) is 28.5 Å². The second kappa shape index (κ2) is 9.22. The molecule has 0 fully saturated rings. The summed E-state index contributed by atoms with van der Waals surface area (Å²) in [5.41, 5.74) is -0.0614. The van der Waals surface area contributed by atoms with Crippen molar-refractivity contribution in [1.82, 2.24) is 5.32 Å². The highest BCUT2D eigenvalue weighted by Gasteiger charge is 2.29. The molecule has 1 amide bonds. The Hall–Kier alpha value is -1.07. The molecule has 1 rings (SSSR count). The van der Waals surface area contributed by atoms with E-state index in [2.05, 4.69) is 39.2 Å². The summed E-state index contributed by atoms with van der Waals surface area (Å²) < 4.78 is 19.6. The summed E-state index contributed by atoms with van der Waals surface area (Å²) in [5.74, 6) is -0.735. The first-order chi connectivity index (χ1) is 11.8. The molecule has 1 aromatic rings. The van der Waals surface area contributed by atoms with Gasteiger partial charge in [-0.2, -0.15) is 0 Å². The Balaban J connectivity index is 2.96. The van der Waals surface area contributed by atoms with Crippen LogP contribution in [0.4, 0.5) is 4.39 Å². The molecule has 1 N–H and O–H groups in total. The lowest BCUT2D eigenvalue weighted by Crippen LogP contribution is -2.45. The molecule has 26 heavy (non-hydrogen) atoms. The zero-order chi connectivity index (χ0) is 20.1. The van der Waals surface area contributed by atoms with Gasteiger partial charge in [-0.15, -0.1) is 0 Å². The summed E-state index contributed by atoms with van der Waals surface area (Å²) in [4.78, 5) is 12.8. The number of nitrogens with one attached hydrogen (secondary N) is 1. The monoisotopic (exact) mass is 401 g/mol. The molecule has 0 atom stereocenters. The molecule has 0 spiro atoms. The molecule has 0 aliphatic rings. The van der Waals surface area contributed by atoms with Crippen molar-refractivity contribution in [3.63, 3.8) is 0 Å². The van der Waals surface area contributed by atoms with Gasteiger partial charge in [-0.25, -0.2) is 4.39 Å². The van der Waals surface area contributed by atoms with E-state index < -0.39 is 20.2 Å². The number of hydrogen-bond acceptors (Lipinski definition) is 2. The second-order valence-corrected chi connectivity index (χ2v) is 12.9. The van der Waals surface area contributed by atoms with E-state index in [1.165, 1.54) is 12.1 Å². The number of carbonyl (C=O) groups excluding carboxylic acids is 1. The van der Waals surface area contributed by atoms with Crippen LogP contribution in [0.25, 0.3) is 0 Å². The summed E-state index contributed by atoms with van der Waals surface area (Å²) >= 11 is 6.09. The average Bonchev–Trinajstić information content (AvgIpc) is 2.44. The molecule has 0 bridgehead atoms. The first-order valence-corrected chi connectivity index (χ1v) is 12.8. The second-order valence-electron chi connectivity index (χ2n) is 9.20. The Morgan fingerprint density at radius 1 is 1.23 bits per heavy atom. The number of rotatable bonds is 8. The molecule has 0 heterocycles. The van der Waals surface area contributed by atoms with Gasteiger partial charge >= 0.3 is 0 Å². The molecule has 3 nitrogen and oxygen atoms in total. The zero-order valence-corrected chi connectivity index (χ0v) is 19.0. The van der Waals surface area contributed by atoms with Gasteiger partial charge in [-0.1, -0.05) is 51.5 Å². The summed E-state index contributed by atoms with van der Waals surface area (Å²) in [6, 6.07) is 3.78. The highest BCUT2D eigenvalue weighted by atomic mass is 35.5. The molecule has 0 aliphatic heterocycles. The van der Waals surface area contributed by atoms with Gasteiger partial charge in [0.15, 0.2) is 5.75 Å². The third kappa shape index (κ3) is 7.66. The number of benzene rings is 1. The van der Waals surface area contributed by atoms with Crippen LogP contribution >= 0.6 is 11.6 Å². The fraction of sp³-hybridized carbons (Fsp3) is 0.650. The van der Waals surface area contributed by atoms with Gasteiger partial charge in [0.2, 0.25) is 0 Å². The minimum absolute atomic E-state index is 0.0668. The lowest BCUT2D eigenvalue weighted by molar-refractivity contribution is 0.0887. The topological polar surface area (TPSA) is 38.3 Å². The summed E-state index contributed by atoms with van der Waals surface area (Å²) in [6.45, 7) is 15.3. The predicted octanol–water partition coefficient (Wildman–Crippen LogP) is 5.68. The molecule has 148 valence electrons. The Kier molecular flexibility index (Phi) is 8.15. The maximum Gasteiger partial charge on any atom is 0.255 e. The Labute approximate surface area is 164 Å². The lowest BCUT2D eigenvalue weighted by Gasteiger charge is -2.33. The number of halogens is 2. The van der Waals surface area contributed by atoms with Crippen LogP contribution in [-0.4, -0.2) is 26.8 Å². The van der Waals surface area contributed by atoms with Gasteiger partial charge in [0.05, 0.1) is 12.2 Å². The van der Waals surface area contributed by atoms with Gasteiger partial charge in [0, 0.05) is 14.3 Å². The number of ether oxygens (including phenoxy) is 1. The third-order valence-corrected chi connectivity index (χ3v) is 5.81. The fourth-order valence-corrected chi connectivity index (χ4v) is 4.46. The predicted molar refractivity (Wildman–Crippen MR) is 111 cm³/mol. The Morgan fingerprint density at radius 2 is 1.85 bits per heavy atom. The van der Waals surface area contributed by atoms with Gasteiger partial charge < -0.3 is 10.1 Å². The van der Waals surface area contributed by atoms with E-state index >= 15 is 0 Å².